The first-order chi connectivity index (χ1) is 17.2. The monoisotopic (exact) mass is 510 g/mol. The van der Waals surface area contributed by atoms with Crippen LogP contribution >= 0.6 is 0 Å². The maximum atomic E-state index is 13.7. The molecule has 0 saturated heterocycles. The smallest absolute Gasteiger partial charge is 0.268 e. The summed E-state index contributed by atoms with van der Waals surface area (Å²) in [6.45, 7) is 0. The van der Waals surface area contributed by atoms with Crippen LogP contribution in [0.25, 0.3) is 10.9 Å². The van der Waals surface area contributed by atoms with Crippen LogP contribution in [0.3, 0.4) is 0 Å². The Hall–Kier alpha value is -4.58. The number of anilines is 2. The van der Waals surface area contributed by atoms with E-state index in [1.165, 1.54) is 57.7 Å². The van der Waals surface area contributed by atoms with Crippen molar-refractivity contribution < 1.29 is 27.4 Å². The van der Waals surface area contributed by atoms with Gasteiger partial charge in [-0.15, -0.1) is 4.91 Å². The minimum Gasteiger partial charge on any atom is -0.497 e. The lowest BCUT2D eigenvalue weighted by Gasteiger charge is -2.14. The Morgan fingerprint density at radius 3 is 2.03 bits per heavy atom. The number of carbonyl (C=O) groups excluding carboxylic acids is 1. The van der Waals surface area contributed by atoms with Gasteiger partial charge >= 0.3 is 0 Å². The first-order valence-corrected chi connectivity index (χ1v) is 11.9. The van der Waals surface area contributed by atoms with E-state index in [4.69, 9.17) is 19.9 Å². The lowest BCUT2D eigenvalue weighted by Crippen LogP contribution is -2.22. The van der Waals surface area contributed by atoms with Gasteiger partial charge in [0, 0.05) is 35.0 Å². The summed E-state index contributed by atoms with van der Waals surface area (Å²) in [7, 11) is 0.0833. The number of benzene rings is 3. The van der Waals surface area contributed by atoms with Gasteiger partial charge in [-0.3, -0.25) is 4.79 Å². The fourth-order valence-corrected chi connectivity index (χ4v) is 5.29. The van der Waals surface area contributed by atoms with Gasteiger partial charge in [-0.25, -0.2) is 12.4 Å². The summed E-state index contributed by atoms with van der Waals surface area (Å²) in [6, 6.07) is 14.8. The van der Waals surface area contributed by atoms with Crippen LogP contribution in [0.5, 0.6) is 17.2 Å². The highest BCUT2D eigenvalue weighted by atomic mass is 32.2. The van der Waals surface area contributed by atoms with E-state index in [-0.39, 0.29) is 27.2 Å². The van der Waals surface area contributed by atoms with Crippen molar-refractivity contribution in [2.24, 2.45) is 10.9 Å². The molecule has 0 saturated carbocycles. The van der Waals surface area contributed by atoms with Crippen LogP contribution in [0.15, 0.2) is 70.7 Å². The van der Waals surface area contributed by atoms with Gasteiger partial charge in [-0.1, -0.05) is 0 Å². The van der Waals surface area contributed by atoms with Crippen LogP contribution in [0, 0.1) is 4.91 Å². The van der Waals surface area contributed by atoms with Crippen molar-refractivity contribution >= 4 is 43.9 Å². The Morgan fingerprint density at radius 1 is 0.889 bits per heavy atom. The zero-order valence-electron chi connectivity index (χ0n) is 19.5. The second kappa shape index (κ2) is 9.58. The number of methoxy groups -OCH3 is 3. The third-order valence-electron chi connectivity index (χ3n) is 5.48. The maximum Gasteiger partial charge on any atom is 0.268 e. The summed E-state index contributed by atoms with van der Waals surface area (Å²) >= 11 is 0. The molecular formula is C24H22N4O7S. The van der Waals surface area contributed by atoms with E-state index in [1.54, 1.807) is 24.3 Å². The number of rotatable bonds is 9. The number of nitrogens with one attached hydrogen (secondary N) is 1. The van der Waals surface area contributed by atoms with E-state index in [1.807, 2.05) is 0 Å². The third kappa shape index (κ3) is 4.29. The molecule has 4 aromatic rings. The molecule has 3 aromatic carbocycles. The molecule has 1 amide bonds. The van der Waals surface area contributed by atoms with E-state index in [2.05, 4.69) is 10.5 Å². The number of fused-ring (bicyclic) bond motifs is 1. The Balaban J connectivity index is 1.97. The zero-order valence-corrected chi connectivity index (χ0v) is 20.3. The Morgan fingerprint density at radius 2 is 1.50 bits per heavy atom. The number of carbonyl (C=O) groups is 1. The molecule has 0 spiro atoms. The van der Waals surface area contributed by atoms with Crippen LogP contribution in [0.2, 0.25) is 0 Å². The van der Waals surface area contributed by atoms with E-state index in [9.17, 15) is 18.1 Å². The van der Waals surface area contributed by atoms with Gasteiger partial charge in [-0.05, 0) is 47.6 Å². The number of nitrogens with two attached hydrogens (primary N) is 1. The highest BCUT2D eigenvalue weighted by molar-refractivity contribution is 7.90. The fourth-order valence-electron chi connectivity index (χ4n) is 3.76. The summed E-state index contributed by atoms with van der Waals surface area (Å²) in [5.41, 5.74) is 5.86. The predicted molar refractivity (Wildman–Crippen MR) is 134 cm³/mol. The number of nitrogens with zero attached hydrogens (tertiary/aromatic N) is 2. The second-order valence-corrected chi connectivity index (χ2v) is 9.34. The molecule has 0 bridgehead atoms. The number of hydrogen-bond acceptors (Lipinski definition) is 9. The number of primary amides is 1. The molecule has 186 valence electrons. The maximum absolute atomic E-state index is 13.7. The average Bonchev–Trinajstić information content (AvgIpc) is 3.31. The SMILES string of the molecule is COc1ccc(S(=O)(=O)n2c(C(N)=O)cc3c(Nc4cc(OC)cc(OC)c4)ccc(N=O)c32)cc1. The lowest BCUT2D eigenvalue weighted by atomic mass is 10.1. The third-order valence-corrected chi connectivity index (χ3v) is 7.21. The molecule has 0 fully saturated rings. The Kier molecular flexibility index (Phi) is 6.53. The number of aromatic nitrogens is 1. The molecule has 1 heterocycles. The van der Waals surface area contributed by atoms with E-state index in [0.29, 0.717) is 28.6 Å². The van der Waals surface area contributed by atoms with Crippen LogP contribution in [0.1, 0.15) is 10.5 Å². The van der Waals surface area contributed by atoms with Crippen molar-refractivity contribution in [2.45, 2.75) is 4.90 Å². The largest absolute Gasteiger partial charge is 0.497 e. The van der Waals surface area contributed by atoms with E-state index >= 15 is 0 Å². The van der Waals surface area contributed by atoms with Crippen LogP contribution in [-0.2, 0) is 10.0 Å². The van der Waals surface area contributed by atoms with Gasteiger partial charge in [0.1, 0.15) is 28.6 Å². The standard InChI is InChI=1S/C24H22N4O7S/c1-33-15-4-6-18(7-5-15)36(31,32)28-22(24(25)29)13-19-20(8-9-21(27-30)23(19)28)26-14-10-16(34-2)12-17(11-14)35-3/h4-13,26H,1-3H3,(H2,25,29). The van der Waals surface area contributed by atoms with Crippen molar-refractivity contribution in [3.63, 3.8) is 0 Å². The number of nitroso groups, excluding NO2 is 1. The molecule has 3 N–H and O–H groups in total. The Labute approximate surface area is 206 Å². The highest BCUT2D eigenvalue weighted by Crippen LogP contribution is 2.39. The average molecular weight is 511 g/mol. The van der Waals surface area contributed by atoms with Gasteiger partial charge in [0.25, 0.3) is 15.9 Å². The van der Waals surface area contributed by atoms with Gasteiger partial charge < -0.3 is 25.3 Å². The molecule has 1 aromatic heterocycles. The molecule has 0 atom stereocenters. The van der Waals surface area contributed by atoms with E-state index < -0.39 is 15.9 Å². The molecule has 12 heteroatoms. The van der Waals surface area contributed by atoms with Crippen molar-refractivity contribution in [1.82, 2.24) is 3.97 Å². The molecule has 4 rings (SSSR count). The molecule has 0 aliphatic rings. The number of hydrogen-bond donors (Lipinski definition) is 2. The molecule has 0 radical (unpaired) electrons. The van der Waals surface area contributed by atoms with Gasteiger partial charge in [0.2, 0.25) is 0 Å². The van der Waals surface area contributed by atoms with Crippen molar-refractivity contribution in [3.05, 3.63) is 71.3 Å². The summed E-state index contributed by atoms with van der Waals surface area (Å²) in [5.74, 6) is 0.458. The van der Waals surface area contributed by atoms with Gasteiger partial charge in [-0.2, -0.15) is 0 Å². The quantitative estimate of drug-likeness (QED) is 0.319. The summed E-state index contributed by atoms with van der Waals surface area (Å²) in [5, 5.41) is 6.38. The first kappa shape index (κ1) is 24.5. The summed E-state index contributed by atoms with van der Waals surface area (Å²) < 4.78 is 43.7. The van der Waals surface area contributed by atoms with Crippen molar-refractivity contribution in [1.29, 1.82) is 0 Å². The predicted octanol–water partition coefficient (Wildman–Crippen LogP) is 4.14. The Bertz CT molecular complexity index is 1560. The van der Waals surface area contributed by atoms with Crippen LogP contribution in [0.4, 0.5) is 17.1 Å². The minimum atomic E-state index is -4.37. The van der Waals surface area contributed by atoms with Crippen LogP contribution in [-0.4, -0.2) is 39.6 Å². The summed E-state index contributed by atoms with van der Waals surface area (Å²) in [6.07, 6.45) is 0. The lowest BCUT2D eigenvalue weighted by molar-refractivity contribution is 0.0995. The highest BCUT2D eigenvalue weighted by Gasteiger charge is 2.28. The zero-order chi connectivity index (χ0) is 26.0. The number of amides is 1. The molecule has 0 unspecified atom stereocenters. The van der Waals surface area contributed by atoms with Crippen molar-refractivity contribution in [2.75, 3.05) is 26.6 Å². The minimum absolute atomic E-state index is 0.102. The van der Waals surface area contributed by atoms with Crippen molar-refractivity contribution in [3.8, 4) is 17.2 Å². The van der Waals surface area contributed by atoms with Gasteiger partial charge in [0.15, 0.2) is 0 Å². The fraction of sp³-hybridized carbons (Fsp3) is 0.125. The molecule has 36 heavy (non-hydrogen) atoms. The molecule has 11 nitrogen and oxygen atoms in total. The second-order valence-electron chi connectivity index (χ2n) is 7.55. The van der Waals surface area contributed by atoms with Crippen LogP contribution < -0.4 is 25.3 Å². The molecule has 0 aliphatic carbocycles. The van der Waals surface area contributed by atoms with E-state index in [0.717, 1.165) is 3.97 Å². The first-order valence-electron chi connectivity index (χ1n) is 10.4. The normalized spacial score (nSPS) is 11.2. The molecule has 0 aliphatic heterocycles. The van der Waals surface area contributed by atoms with Gasteiger partial charge in [0.05, 0.1) is 31.7 Å². The summed E-state index contributed by atoms with van der Waals surface area (Å²) in [4.78, 5) is 23.9. The topological polar surface area (TPSA) is 151 Å². The number of ether oxygens (including phenoxy) is 3. The molecular weight excluding hydrogens is 488 g/mol.